The first-order chi connectivity index (χ1) is 7.29. The van der Waals surface area contributed by atoms with Crippen LogP contribution < -0.4 is 0 Å². The van der Waals surface area contributed by atoms with E-state index in [0.29, 0.717) is 5.95 Å². The summed E-state index contributed by atoms with van der Waals surface area (Å²) in [6, 6.07) is 10.2. The van der Waals surface area contributed by atoms with Gasteiger partial charge in [0.15, 0.2) is 0 Å². The van der Waals surface area contributed by atoms with Crippen LogP contribution in [0, 0.1) is 0 Å². The van der Waals surface area contributed by atoms with Crippen LogP contribution in [0.25, 0.3) is 0 Å². The molecule has 2 unspecified atom stereocenters. The molecule has 1 aromatic rings. The highest BCUT2D eigenvalue weighted by molar-refractivity contribution is 5.18. The molecule has 0 aromatic heterocycles. The highest BCUT2D eigenvalue weighted by Gasteiger charge is 2.26. The van der Waals surface area contributed by atoms with Crippen molar-refractivity contribution in [2.75, 3.05) is 0 Å². The second-order valence-corrected chi connectivity index (χ2v) is 3.77. The molecule has 2 atom stereocenters. The predicted octanol–water partition coefficient (Wildman–Crippen LogP) is 3.41. The summed E-state index contributed by atoms with van der Waals surface area (Å²) in [5, 5.41) is 0. The van der Waals surface area contributed by atoms with E-state index in [0.717, 1.165) is 12.8 Å². The zero-order chi connectivity index (χ0) is 10.7. The maximum Gasteiger partial charge on any atom is 0.272 e. The zero-order valence-corrected chi connectivity index (χ0v) is 8.98. The van der Waals surface area contributed by atoms with Gasteiger partial charge in [-0.2, -0.15) is 0 Å². The van der Waals surface area contributed by atoms with Crippen LogP contribution in [-0.2, 0) is 9.47 Å². The maximum absolute atomic E-state index is 5.59. The summed E-state index contributed by atoms with van der Waals surface area (Å²) in [6.45, 7) is 5.86. The highest BCUT2D eigenvalue weighted by atomic mass is 16.7. The van der Waals surface area contributed by atoms with Gasteiger partial charge in [0, 0.05) is 6.42 Å². The molecular formula is C13H16O2. The van der Waals surface area contributed by atoms with Crippen LogP contribution >= 0.6 is 0 Å². The van der Waals surface area contributed by atoms with Gasteiger partial charge in [-0.25, -0.2) is 0 Å². The molecule has 1 aliphatic heterocycles. The molecule has 1 fully saturated rings. The fourth-order valence-electron chi connectivity index (χ4n) is 1.83. The van der Waals surface area contributed by atoms with Gasteiger partial charge in [-0.1, -0.05) is 37.3 Å². The van der Waals surface area contributed by atoms with Crippen molar-refractivity contribution in [2.24, 2.45) is 0 Å². The molecule has 0 radical (unpaired) electrons. The molecule has 0 spiro atoms. The fraction of sp³-hybridized carbons (Fsp3) is 0.385. The van der Waals surface area contributed by atoms with Gasteiger partial charge in [-0.3, -0.25) is 0 Å². The molecule has 1 heterocycles. The number of benzene rings is 1. The van der Waals surface area contributed by atoms with E-state index in [1.54, 1.807) is 0 Å². The van der Waals surface area contributed by atoms with Gasteiger partial charge in [0.1, 0.15) is 12.2 Å². The SMILES string of the molecule is C=C1OC(CC)CC(c2ccccc2)O1. The molecule has 2 nitrogen and oxygen atoms in total. The summed E-state index contributed by atoms with van der Waals surface area (Å²) < 4.78 is 11.1. The molecule has 2 heteroatoms. The fourth-order valence-corrected chi connectivity index (χ4v) is 1.83. The van der Waals surface area contributed by atoms with Gasteiger partial charge in [-0.15, -0.1) is 0 Å². The van der Waals surface area contributed by atoms with E-state index in [1.807, 2.05) is 18.2 Å². The Morgan fingerprint density at radius 1 is 1.27 bits per heavy atom. The maximum atomic E-state index is 5.59. The number of hydrogen-bond acceptors (Lipinski definition) is 2. The van der Waals surface area contributed by atoms with E-state index in [4.69, 9.17) is 9.47 Å². The van der Waals surface area contributed by atoms with E-state index in [-0.39, 0.29) is 12.2 Å². The van der Waals surface area contributed by atoms with Crippen molar-refractivity contribution in [3.63, 3.8) is 0 Å². The first-order valence-corrected chi connectivity index (χ1v) is 5.36. The van der Waals surface area contributed by atoms with E-state index in [2.05, 4.69) is 25.6 Å². The Balaban J connectivity index is 2.12. The summed E-state index contributed by atoms with van der Waals surface area (Å²) in [5.74, 6) is 0.446. The van der Waals surface area contributed by atoms with Crippen molar-refractivity contribution in [1.29, 1.82) is 0 Å². The van der Waals surface area contributed by atoms with Crippen LogP contribution in [-0.4, -0.2) is 6.10 Å². The molecule has 80 valence electrons. The van der Waals surface area contributed by atoms with Crippen molar-refractivity contribution < 1.29 is 9.47 Å². The Morgan fingerprint density at radius 3 is 2.67 bits per heavy atom. The summed E-state index contributed by atoms with van der Waals surface area (Å²) in [7, 11) is 0. The van der Waals surface area contributed by atoms with E-state index < -0.39 is 0 Å². The van der Waals surface area contributed by atoms with Gasteiger partial charge in [0.25, 0.3) is 5.95 Å². The van der Waals surface area contributed by atoms with Crippen molar-refractivity contribution >= 4 is 0 Å². The van der Waals surface area contributed by atoms with Crippen molar-refractivity contribution in [1.82, 2.24) is 0 Å². The van der Waals surface area contributed by atoms with Crippen LogP contribution in [0.5, 0.6) is 0 Å². The Morgan fingerprint density at radius 2 is 2.00 bits per heavy atom. The Bertz CT molecular complexity index is 332. The third-order valence-corrected chi connectivity index (χ3v) is 2.68. The first kappa shape index (κ1) is 10.1. The molecular weight excluding hydrogens is 188 g/mol. The Hall–Kier alpha value is -1.44. The smallest absolute Gasteiger partial charge is 0.272 e. The van der Waals surface area contributed by atoms with Crippen LogP contribution in [0.3, 0.4) is 0 Å². The van der Waals surface area contributed by atoms with E-state index in [1.165, 1.54) is 5.56 Å². The lowest BCUT2D eigenvalue weighted by molar-refractivity contribution is -0.106. The quantitative estimate of drug-likeness (QED) is 0.735. The second kappa shape index (κ2) is 4.39. The number of ether oxygens (including phenoxy) is 2. The third-order valence-electron chi connectivity index (χ3n) is 2.68. The van der Waals surface area contributed by atoms with E-state index >= 15 is 0 Å². The Kier molecular flexibility index (Phi) is 2.95. The Labute approximate surface area is 90.5 Å². The minimum atomic E-state index is 0.0948. The lowest BCUT2D eigenvalue weighted by Gasteiger charge is -2.31. The molecule has 0 aliphatic carbocycles. The van der Waals surface area contributed by atoms with Crippen molar-refractivity contribution in [2.45, 2.75) is 32.0 Å². The molecule has 0 amide bonds. The minimum Gasteiger partial charge on any atom is -0.462 e. The molecule has 0 N–H and O–H groups in total. The second-order valence-electron chi connectivity index (χ2n) is 3.77. The molecule has 1 aromatic carbocycles. The van der Waals surface area contributed by atoms with Gasteiger partial charge in [0.2, 0.25) is 0 Å². The van der Waals surface area contributed by atoms with Gasteiger partial charge >= 0.3 is 0 Å². The summed E-state index contributed by atoms with van der Waals surface area (Å²) in [4.78, 5) is 0. The normalized spacial score (nSPS) is 25.5. The van der Waals surface area contributed by atoms with Crippen LogP contribution in [0.15, 0.2) is 42.9 Å². The predicted molar refractivity (Wildman–Crippen MR) is 59.2 cm³/mol. The molecule has 0 bridgehead atoms. The monoisotopic (exact) mass is 204 g/mol. The van der Waals surface area contributed by atoms with Crippen LogP contribution in [0.4, 0.5) is 0 Å². The van der Waals surface area contributed by atoms with Gasteiger partial charge in [-0.05, 0) is 18.6 Å². The van der Waals surface area contributed by atoms with Gasteiger partial charge < -0.3 is 9.47 Å². The highest BCUT2D eigenvalue weighted by Crippen LogP contribution is 2.32. The van der Waals surface area contributed by atoms with E-state index in [9.17, 15) is 0 Å². The molecule has 1 aliphatic rings. The largest absolute Gasteiger partial charge is 0.462 e. The number of hydrogen-bond donors (Lipinski definition) is 0. The standard InChI is InChI=1S/C13H16O2/c1-3-12-9-13(15-10(2)14-12)11-7-5-4-6-8-11/h4-8,12-13H,2-3,9H2,1H3. The molecule has 15 heavy (non-hydrogen) atoms. The third kappa shape index (κ3) is 2.32. The topological polar surface area (TPSA) is 18.5 Å². The van der Waals surface area contributed by atoms with Crippen LogP contribution in [0.2, 0.25) is 0 Å². The minimum absolute atomic E-state index is 0.0948. The number of rotatable bonds is 2. The lowest BCUT2D eigenvalue weighted by Crippen LogP contribution is -2.24. The lowest BCUT2D eigenvalue weighted by atomic mass is 10.0. The van der Waals surface area contributed by atoms with Gasteiger partial charge in [0.05, 0.1) is 0 Å². The molecule has 2 rings (SSSR count). The molecule has 0 saturated carbocycles. The zero-order valence-electron chi connectivity index (χ0n) is 8.98. The average molecular weight is 204 g/mol. The van der Waals surface area contributed by atoms with Crippen LogP contribution in [0.1, 0.15) is 31.4 Å². The van der Waals surface area contributed by atoms with Crippen molar-refractivity contribution in [3.05, 3.63) is 48.4 Å². The molecule has 1 saturated heterocycles. The summed E-state index contributed by atoms with van der Waals surface area (Å²) >= 11 is 0. The summed E-state index contributed by atoms with van der Waals surface area (Å²) in [5.41, 5.74) is 1.19. The average Bonchev–Trinajstić information content (AvgIpc) is 2.29. The first-order valence-electron chi connectivity index (χ1n) is 5.36. The summed E-state index contributed by atoms with van der Waals surface area (Å²) in [6.07, 6.45) is 2.22. The van der Waals surface area contributed by atoms with Crippen molar-refractivity contribution in [3.8, 4) is 0 Å².